The molecule has 2 heterocycles. The van der Waals surface area contributed by atoms with E-state index >= 15 is 0 Å². The van der Waals surface area contributed by atoms with Crippen molar-refractivity contribution in [3.05, 3.63) is 60.9 Å². The van der Waals surface area contributed by atoms with Crippen LogP contribution in [0, 0.1) is 0 Å². The fourth-order valence-corrected chi connectivity index (χ4v) is 2.60. The molecule has 6 N–H and O–H groups in total. The molecule has 0 radical (unpaired) electrons. The molecule has 0 aliphatic heterocycles. The molecular formula is C18H16N6. The van der Waals surface area contributed by atoms with E-state index in [9.17, 15) is 0 Å². The number of aromatic amines is 1. The maximum atomic E-state index is 5.97. The number of nitrogens with two attached hydrogens (primary N) is 2. The first-order valence-electron chi connectivity index (χ1n) is 7.52. The zero-order valence-corrected chi connectivity index (χ0v) is 12.8. The van der Waals surface area contributed by atoms with E-state index < -0.39 is 0 Å². The molecule has 24 heavy (non-hydrogen) atoms. The number of rotatable bonds is 3. The molecule has 6 nitrogen and oxygen atoms in total. The van der Waals surface area contributed by atoms with Gasteiger partial charge in [-0.15, -0.1) is 0 Å². The highest BCUT2D eigenvalue weighted by atomic mass is 15.1. The third kappa shape index (κ3) is 2.61. The summed E-state index contributed by atoms with van der Waals surface area (Å²) in [7, 11) is 0. The van der Waals surface area contributed by atoms with Crippen LogP contribution >= 0.6 is 0 Å². The van der Waals surface area contributed by atoms with Crippen LogP contribution in [-0.4, -0.2) is 15.0 Å². The minimum absolute atomic E-state index is 0.344. The van der Waals surface area contributed by atoms with E-state index in [2.05, 4.69) is 20.3 Å². The Bertz CT molecular complexity index is 1020. The van der Waals surface area contributed by atoms with E-state index in [0.717, 1.165) is 22.2 Å². The van der Waals surface area contributed by atoms with Gasteiger partial charge in [-0.1, -0.05) is 12.1 Å². The minimum Gasteiger partial charge on any atom is -0.399 e. The van der Waals surface area contributed by atoms with Crippen LogP contribution in [0.15, 0.2) is 60.9 Å². The predicted molar refractivity (Wildman–Crippen MR) is 97.9 cm³/mol. The van der Waals surface area contributed by atoms with Crippen LogP contribution < -0.4 is 16.8 Å². The molecule has 0 bridgehead atoms. The molecule has 0 amide bonds. The highest BCUT2D eigenvalue weighted by Gasteiger charge is 2.08. The lowest BCUT2D eigenvalue weighted by Gasteiger charge is -2.10. The molecule has 4 aromatic rings. The van der Waals surface area contributed by atoms with Gasteiger partial charge in [-0.3, -0.25) is 0 Å². The quantitative estimate of drug-likeness (QED) is 0.433. The van der Waals surface area contributed by atoms with E-state index in [1.54, 1.807) is 6.20 Å². The zero-order valence-electron chi connectivity index (χ0n) is 12.8. The Morgan fingerprint density at radius 3 is 2.79 bits per heavy atom. The molecule has 0 saturated heterocycles. The van der Waals surface area contributed by atoms with E-state index in [1.165, 1.54) is 0 Å². The fraction of sp³-hybridized carbons (Fsp3) is 0. The second-order valence-electron chi connectivity index (χ2n) is 5.52. The molecule has 0 aliphatic carbocycles. The minimum atomic E-state index is 0.344. The van der Waals surface area contributed by atoms with Crippen molar-refractivity contribution < 1.29 is 0 Å². The number of anilines is 4. The van der Waals surface area contributed by atoms with E-state index in [0.29, 0.717) is 23.0 Å². The van der Waals surface area contributed by atoms with Gasteiger partial charge in [-0.2, -0.15) is 0 Å². The monoisotopic (exact) mass is 316 g/mol. The summed E-state index contributed by atoms with van der Waals surface area (Å²) in [6, 6.07) is 15.5. The molecule has 0 unspecified atom stereocenters. The number of benzene rings is 2. The summed E-state index contributed by atoms with van der Waals surface area (Å²) in [6.07, 6.45) is 3.55. The van der Waals surface area contributed by atoms with Crippen LogP contribution in [0.4, 0.5) is 23.0 Å². The number of hydrogen-bond acceptors (Lipinski definition) is 5. The number of H-pyrrole nitrogens is 1. The number of nitrogens with zero attached hydrogens (tertiary/aromatic N) is 2. The van der Waals surface area contributed by atoms with Gasteiger partial charge in [-0.25, -0.2) is 9.97 Å². The molecule has 6 heteroatoms. The third-order valence-corrected chi connectivity index (χ3v) is 3.80. The summed E-state index contributed by atoms with van der Waals surface area (Å²) in [4.78, 5) is 12.0. The van der Waals surface area contributed by atoms with Gasteiger partial charge in [0.2, 0.25) is 0 Å². The van der Waals surface area contributed by atoms with Gasteiger partial charge in [0.25, 0.3) is 0 Å². The maximum Gasteiger partial charge on any atom is 0.173 e. The molecular weight excluding hydrogens is 300 g/mol. The average molecular weight is 316 g/mol. The summed E-state index contributed by atoms with van der Waals surface area (Å²) in [5.74, 6) is 0.863. The summed E-state index contributed by atoms with van der Waals surface area (Å²) < 4.78 is 0. The maximum absolute atomic E-state index is 5.97. The third-order valence-electron chi connectivity index (χ3n) is 3.80. The van der Waals surface area contributed by atoms with Crippen LogP contribution in [0.25, 0.3) is 22.2 Å². The smallest absolute Gasteiger partial charge is 0.173 e. The Kier molecular flexibility index (Phi) is 3.28. The van der Waals surface area contributed by atoms with Crippen molar-refractivity contribution in [3.63, 3.8) is 0 Å². The number of aromatic nitrogens is 3. The summed E-state index contributed by atoms with van der Waals surface area (Å²) in [6.45, 7) is 0. The highest BCUT2D eigenvalue weighted by molar-refractivity contribution is 5.84. The van der Waals surface area contributed by atoms with Crippen LogP contribution in [0.2, 0.25) is 0 Å². The van der Waals surface area contributed by atoms with Gasteiger partial charge < -0.3 is 21.8 Å². The summed E-state index contributed by atoms with van der Waals surface area (Å²) in [5, 5.41) is 4.34. The number of nitrogens with one attached hydrogen (secondary N) is 2. The summed E-state index contributed by atoms with van der Waals surface area (Å²) in [5.41, 5.74) is 16.1. The molecule has 2 aromatic heterocycles. The van der Waals surface area contributed by atoms with E-state index in [-0.39, 0.29) is 0 Å². The van der Waals surface area contributed by atoms with Crippen molar-refractivity contribution in [1.29, 1.82) is 0 Å². The van der Waals surface area contributed by atoms with E-state index in [1.807, 2.05) is 54.7 Å². The second-order valence-corrected chi connectivity index (χ2v) is 5.52. The van der Waals surface area contributed by atoms with Crippen molar-refractivity contribution in [2.45, 2.75) is 0 Å². The predicted octanol–water partition coefficient (Wildman–Crippen LogP) is 3.53. The van der Waals surface area contributed by atoms with Gasteiger partial charge >= 0.3 is 0 Å². The SMILES string of the molecule is Nc1cccc(-c2cnc(N)c(Nc3ccc4[nH]ccc4c3)n2)c1. The first-order valence-corrected chi connectivity index (χ1v) is 7.52. The molecule has 4 rings (SSSR count). The molecule has 0 saturated carbocycles. The van der Waals surface area contributed by atoms with Gasteiger partial charge in [-0.05, 0) is 36.4 Å². The lowest BCUT2D eigenvalue weighted by molar-refractivity contribution is 1.21. The zero-order chi connectivity index (χ0) is 16.5. The summed E-state index contributed by atoms with van der Waals surface area (Å²) >= 11 is 0. The lowest BCUT2D eigenvalue weighted by Crippen LogP contribution is -2.02. The first kappa shape index (κ1) is 14.1. The van der Waals surface area contributed by atoms with E-state index in [4.69, 9.17) is 11.5 Å². The van der Waals surface area contributed by atoms with Crippen molar-refractivity contribution >= 4 is 33.9 Å². The van der Waals surface area contributed by atoms with Gasteiger partial charge in [0.05, 0.1) is 11.9 Å². The normalized spacial score (nSPS) is 10.8. The van der Waals surface area contributed by atoms with Gasteiger partial charge in [0.1, 0.15) is 0 Å². The Hall–Kier alpha value is -3.54. The standard InChI is InChI=1S/C18H16N6/c19-13-3-1-2-11(8-13)16-10-22-17(20)18(24-16)23-14-4-5-15-12(9-14)6-7-21-15/h1-10,21H,19H2,(H2,20,22)(H,23,24). The van der Waals surface area contributed by atoms with Crippen LogP contribution in [0.5, 0.6) is 0 Å². The van der Waals surface area contributed by atoms with Crippen molar-refractivity contribution in [2.75, 3.05) is 16.8 Å². The topological polar surface area (TPSA) is 106 Å². The van der Waals surface area contributed by atoms with Gasteiger partial charge in [0.15, 0.2) is 11.6 Å². The van der Waals surface area contributed by atoms with Crippen LogP contribution in [0.3, 0.4) is 0 Å². The first-order chi connectivity index (χ1) is 11.7. The Labute approximate surface area is 138 Å². The Morgan fingerprint density at radius 1 is 1.00 bits per heavy atom. The highest BCUT2D eigenvalue weighted by Crippen LogP contribution is 2.26. The molecule has 0 aliphatic rings. The fourth-order valence-electron chi connectivity index (χ4n) is 2.60. The van der Waals surface area contributed by atoms with Crippen molar-refractivity contribution in [2.24, 2.45) is 0 Å². The second kappa shape index (κ2) is 5.58. The number of hydrogen-bond donors (Lipinski definition) is 4. The van der Waals surface area contributed by atoms with Gasteiger partial charge in [0, 0.05) is 34.0 Å². The largest absolute Gasteiger partial charge is 0.399 e. The number of nitrogen functional groups attached to an aromatic ring is 2. The lowest BCUT2D eigenvalue weighted by atomic mass is 10.1. The molecule has 0 atom stereocenters. The molecule has 0 spiro atoms. The van der Waals surface area contributed by atoms with Crippen LogP contribution in [0.1, 0.15) is 0 Å². The molecule has 2 aromatic carbocycles. The number of fused-ring (bicyclic) bond motifs is 1. The van der Waals surface area contributed by atoms with Crippen molar-refractivity contribution in [3.8, 4) is 11.3 Å². The van der Waals surface area contributed by atoms with Crippen LogP contribution in [-0.2, 0) is 0 Å². The van der Waals surface area contributed by atoms with Crippen molar-refractivity contribution in [1.82, 2.24) is 15.0 Å². The molecule has 118 valence electrons. The molecule has 0 fully saturated rings. The Balaban J connectivity index is 1.70. The Morgan fingerprint density at radius 2 is 1.92 bits per heavy atom. The average Bonchev–Trinajstić information content (AvgIpc) is 3.04.